The summed E-state index contributed by atoms with van der Waals surface area (Å²) in [6.45, 7) is 5.41. The Labute approximate surface area is 200 Å². The number of anilines is 1. The van der Waals surface area contributed by atoms with E-state index in [0.29, 0.717) is 30.5 Å². The van der Waals surface area contributed by atoms with Crippen LogP contribution in [0.5, 0.6) is 5.75 Å². The molecule has 0 saturated heterocycles. The number of rotatable bonds is 8. The summed E-state index contributed by atoms with van der Waals surface area (Å²) in [5.41, 5.74) is 9.28. The van der Waals surface area contributed by atoms with Crippen molar-refractivity contribution in [3.05, 3.63) is 95.1 Å². The number of carbonyl (C=O) groups is 2. The molecule has 6 nitrogen and oxygen atoms in total. The number of nitrogen functional groups attached to an aromatic ring is 1. The van der Waals surface area contributed by atoms with Crippen molar-refractivity contribution in [3.8, 4) is 5.75 Å². The molecule has 0 spiro atoms. The summed E-state index contributed by atoms with van der Waals surface area (Å²) in [4.78, 5) is 26.0. The van der Waals surface area contributed by atoms with Gasteiger partial charge in [0.25, 0.3) is 5.91 Å². The molecule has 0 fully saturated rings. The van der Waals surface area contributed by atoms with E-state index in [1.165, 1.54) is 0 Å². The molecule has 1 amide bonds. The van der Waals surface area contributed by atoms with Gasteiger partial charge in [-0.25, -0.2) is 4.79 Å². The number of phenols is 1. The Hall–Kier alpha value is -3.80. The molecule has 0 saturated carbocycles. The van der Waals surface area contributed by atoms with Crippen LogP contribution in [0.25, 0.3) is 0 Å². The van der Waals surface area contributed by atoms with Crippen LogP contribution in [0.4, 0.5) is 5.69 Å². The molecule has 178 valence electrons. The molecule has 6 heteroatoms. The minimum absolute atomic E-state index is 0.188. The molecule has 1 atom stereocenters. The van der Waals surface area contributed by atoms with Crippen LogP contribution in [0.15, 0.2) is 72.8 Å². The summed E-state index contributed by atoms with van der Waals surface area (Å²) in [7, 11) is 0. The quantitative estimate of drug-likeness (QED) is 0.336. The average Bonchev–Trinajstić information content (AvgIpc) is 2.79. The zero-order valence-electron chi connectivity index (χ0n) is 19.9. The molecule has 0 bridgehead atoms. The van der Waals surface area contributed by atoms with Crippen LogP contribution < -0.4 is 11.1 Å². The van der Waals surface area contributed by atoms with Gasteiger partial charge < -0.3 is 20.9 Å². The summed E-state index contributed by atoms with van der Waals surface area (Å²) < 4.78 is 5.56. The lowest BCUT2D eigenvalue weighted by Crippen LogP contribution is -2.44. The van der Waals surface area contributed by atoms with Crippen molar-refractivity contribution < 1.29 is 19.4 Å². The maximum absolute atomic E-state index is 13.1. The van der Waals surface area contributed by atoms with Gasteiger partial charge in [-0.3, -0.25) is 4.79 Å². The number of carbonyl (C=O) groups excluding carboxylic acids is 2. The Bertz CT molecular complexity index is 1120. The van der Waals surface area contributed by atoms with Gasteiger partial charge in [0.05, 0.1) is 0 Å². The van der Waals surface area contributed by atoms with Crippen molar-refractivity contribution in [1.29, 1.82) is 0 Å². The minimum Gasteiger partial charge on any atom is -0.508 e. The predicted molar refractivity (Wildman–Crippen MR) is 134 cm³/mol. The summed E-state index contributed by atoms with van der Waals surface area (Å²) in [5, 5.41) is 12.4. The number of benzene rings is 3. The van der Waals surface area contributed by atoms with E-state index in [1.807, 2.05) is 42.5 Å². The molecule has 3 aromatic rings. The number of phenolic OH excluding ortho intramolecular Hbond substituents is 1. The Kier molecular flexibility index (Phi) is 7.95. The van der Waals surface area contributed by atoms with E-state index in [1.54, 1.807) is 51.1 Å². The molecule has 0 aliphatic rings. The van der Waals surface area contributed by atoms with Gasteiger partial charge in [-0.2, -0.15) is 0 Å². The molecule has 34 heavy (non-hydrogen) atoms. The number of amides is 1. The first-order valence-corrected chi connectivity index (χ1v) is 11.3. The highest BCUT2D eigenvalue weighted by molar-refractivity contribution is 5.97. The third kappa shape index (κ3) is 7.37. The largest absolute Gasteiger partial charge is 0.508 e. The standard InChI is InChI=1S/C28H32N2O4/c1-28(2,3)34-27(33)25(16-11-19-7-5-4-6-8-19)30-26(32)21-12-15-24(29)22(18-21)17-20-9-13-23(31)14-10-20/h4-10,12-15,18,25,31H,11,16-17,29H2,1-3H3,(H,30,32)/t25-/m0/s1. The summed E-state index contributed by atoms with van der Waals surface area (Å²) >= 11 is 0. The van der Waals surface area contributed by atoms with Gasteiger partial charge in [0.15, 0.2) is 0 Å². The van der Waals surface area contributed by atoms with Crippen molar-refractivity contribution in [2.24, 2.45) is 0 Å². The zero-order chi connectivity index (χ0) is 24.7. The van der Waals surface area contributed by atoms with E-state index in [9.17, 15) is 14.7 Å². The van der Waals surface area contributed by atoms with Gasteiger partial charge in [-0.1, -0.05) is 42.5 Å². The average molecular weight is 461 g/mol. The Morgan fingerprint density at radius 1 is 0.971 bits per heavy atom. The third-order valence-corrected chi connectivity index (χ3v) is 5.30. The second-order valence-electron chi connectivity index (χ2n) is 9.34. The first-order chi connectivity index (χ1) is 16.1. The maximum Gasteiger partial charge on any atom is 0.329 e. The van der Waals surface area contributed by atoms with Gasteiger partial charge in [-0.15, -0.1) is 0 Å². The number of ether oxygens (including phenoxy) is 1. The van der Waals surface area contributed by atoms with Gasteiger partial charge in [0.1, 0.15) is 17.4 Å². The second-order valence-corrected chi connectivity index (χ2v) is 9.34. The van der Waals surface area contributed by atoms with Crippen molar-refractivity contribution >= 4 is 17.6 Å². The van der Waals surface area contributed by atoms with Crippen LogP contribution in [0.2, 0.25) is 0 Å². The van der Waals surface area contributed by atoms with Crippen LogP contribution >= 0.6 is 0 Å². The summed E-state index contributed by atoms with van der Waals surface area (Å²) in [6, 6.07) is 20.9. The van der Waals surface area contributed by atoms with Crippen molar-refractivity contribution in [2.75, 3.05) is 5.73 Å². The summed E-state index contributed by atoms with van der Waals surface area (Å²) in [6.07, 6.45) is 1.55. The number of nitrogens with one attached hydrogen (secondary N) is 1. The number of nitrogens with two attached hydrogens (primary N) is 1. The van der Waals surface area contributed by atoms with Gasteiger partial charge in [0, 0.05) is 11.3 Å². The normalized spacial score (nSPS) is 12.1. The van der Waals surface area contributed by atoms with E-state index < -0.39 is 17.6 Å². The number of aryl methyl sites for hydroxylation is 1. The van der Waals surface area contributed by atoms with E-state index in [2.05, 4.69) is 5.32 Å². The topological polar surface area (TPSA) is 102 Å². The molecule has 0 heterocycles. The lowest BCUT2D eigenvalue weighted by Gasteiger charge is -2.25. The Morgan fingerprint density at radius 2 is 1.65 bits per heavy atom. The van der Waals surface area contributed by atoms with Crippen LogP contribution in [0.1, 0.15) is 54.2 Å². The van der Waals surface area contributed by atoms with Crippen LogP contribution in [-0.4, -0.2) is 28.6 Å². The van der Waals surface area contributed by atoms with Crippen LogP contribution in [-0.2, 0) is 22.4 Å². The molecule has 0 radical (unpaired) electrons. The SMILES string of the molecule is CC(C)(C)OC(=O)[C@H](CCc1ccccc1)NC(=O)c1ccc(N)c(Cc2ccc(O)cc2)c1. The fraction of sp³-hybridized carbons (Fsp3) is 0.286. The lowest BCUT2D eigenvalue weighted by atomic mass is 10.00. The molecule has 3 rings (SSSR count). The van der Waals surface area contributed by atoms with E-state index in [0.717, 1.165) is 16.7 Å². The number of esters is 1. The van der Waals surface area contributed by atoms with Gasteiger partial charge >= 0.3 is 5.97 Å². The first-order valence-electron chi connectivity index (χ1n) is 11.3. The highest BCUT2D eigenvalue weighted by atomic mass is 16.6. The molecule has 0 aromatic heterocycles. The summed E-state index contributed by atoms with van der Waals surface area (Å²) in [5.74, 6) is -0.638. The predicted octanol–water partition coefficient (Wildman–Crippen LogP) is 4.64. The number of aromatic hydroxyl groups is 1. The first kappa shape index (κ1) is 24.8. The Morgan fingerprint density at radius 3 is 2.29 bits per heavy atom. The molecule has 4 N–H and O–H groups in total. The van der Waals surface area contributed by atoms with Crippen LogP contribution in [0.3, 0.4) is 0 Å². The fourth-order valence-electron chi connectivity index (χ4n) is 3.55. The maximum atomic E-state index is 13.1. The molecule has 3 aromatic carbocycles. The van der Waals surface area contributed by atoms with E-state index >= 15 is 0 Å². The second kappa shape index (κ2) is 10.9. The smallest absolute Gasteiger partial charge is 0.329 e. The van der Waals surface area contributed by atoms with Gasteiger partial charge in [0.2, 0.25) is 0 Å². The fourth-order valence-corrected chi connectivity index (χ4v) is 3.55. The molecule has 0 aliphatic carbocycles. The molecule has 0 aliphatic heterocycles. The number of hydrogen-bond donors (Lipinski definition) is 3. The van der Waals surface area contributed by atoms with E-state index in [4.69, 9.17) is 10.5 Å². The highest BCUT2D eigenvalue weighted by Gasteiger charge is 2.27. The monoisotopic (exact) mass is 460 g/mol. The van der Waals surface area contributed by atoms with E-state index in [-0.39, 0.29) is 11.7 Å². The minimum atomic E-state index is -0.787. The van der Waals surface area contributed by atoms with Crippen molar-refractivity contribution in [3.63, 3.8) is 0 Å². The van der Waals surface area contributed by atoms with Crippen molar-refractivity contribution in [1.82, 2.24) is 5.32 Å². The lowest BCUT2D eigenvalue weighted by molar-refractivity contribution is -0.157. The zero-order valence-corrected chi connectivity index (χ0v) is 19.9. The molecular formula is C28H32N2O4. The Balaban J connectivity index is 1.76. The number of hydrogen-bond acceptors (Lipinski definition) is 5. The van der Waals surface area contributed by atoms with Gasteiger partial charge in [-0.05, 0) is 87.1 Å². The molecule has 0 unspecified atom stereocenters. The van der Waals surface area contributed by atoms with Crippen LogP contribution in [0, 0.1) is 0 Å². The third-order valence-electron chi connectivity index (χ3n) is 5.30. The molecular weight excluding hydrogens is 428 g/mol. The van der Waals surface area contributed by atoms with Crippen molar-refractivity contribution in [2.45, 2.75) is 51.7 Å². The highest BCUT2D eigenvalue weighted by Crippen LogP contribution is 2.21.